The summed E-state index contributed by atoms with van der Waals surface area (Å²) in [5.74, 6) is -1.05. The summed E-state index contributed by atoms with van der Waals surface area (Å²) in [6.45, 7) is 7.55. The highest BCUT2D eigenvalue weighted by Gasteiger charge is 2.25. The van der Waals surface area contributed by atoms with E-state index in [-0.39, 0.29) is 16.1 Å². The third kappa shape index (κ3) is 4.34. The van der Waals surface area contributed by atoms with E-state index >= 15 is 0 Å². The minimum Gasteiger partial charge on any atom is -0.370 e. The van der Waals surface area contributed by atoms with Gasteiger partial charge in [-0.25, -0.2) is 12.8 Å². The number of rotatable bonds is 7. The number of carbonyl (C=O) groups excluding carboxylic acids is 1. The molecule has 3 rings (SSSR count). The highest BCUT2D eigenvalue weighted by molar-refractivity contribution is 7.89. The molecule has 0 radical (unpaired) electrons. The van der Waals surface area contributed by atoms with E-state index < -0.39 is 21.7 Å². The summed E-state index contributed by atoms with van der Waals surface area (Å²) < 4.78 is 41.6. The van der Waals surface area contributed by atoms with E-state index in [4.69, 9.17) is 0 Å². The van der Waals surface area contributed by atoms with Gasteiger partial charge < -0.3 is 10.2 Å². The van der Waals surface area contributed by atoms with E-state index in [1.54, 1.807) is 39.0 Å². The van der Waals surface area contributed by atoms with Crippen LogP contribution >= 0.6 is 0 Å². The van der Waals surface area contributed by atoms with Crippen LogP contribution in [-0.4, -0.2) is 44.8 Å². The number of anilines is 2. The second-order valence-electron chi connectivity index (χ2n) is 7.35. The molecule has 2 aromatic rings. The average molecular weight is 434 g/mol. The number of aryl methyl sites for hydroxylation is 1. The topological polar surface area (TPSA) is 69.7 Å². The van der Waals surface area contributed by atoms with Crippen LogP contribution in [0.15, 0.2) is 41.3 Å². The number of hydrogen-bond donors (Lipinski definition) is 1. The molecule has 0 spiro atoms. The number of carbonyl (C=O) groups is 1. The van der Waals surface area contributed by atoms with Gasteiger partial charge in [-0.1, -0.05) is 26.0 Å². The summed E-state index contributed by atoms with van der Waals surface area (Å²) in [5.41, 5.74) is 1.59. The number of amides is 1. The molecule has 162 valence electrons. The maximum atomic E-state index is 14.6. The maximum Gasteiger partial charge on any atom is 0.256 e. The summed E-state index contributed by atoms with van der Waals surface area (Å²) in [5, 5.41) is 2.68. The fraction of sp³-hybridized carbons (Fsp3) is 0.409. The minimum atomic E-state index is -3.71. The van der Waals surface area contributed by atoms with Crippen LogP contribution in [0, 0.1) is 12.7 Å². The van der Waals surface area contributed by atoms with Gasteiger partial charge >= 0.3 is 0 Å². The van der Waals surface area contributed by atoms with Crippen LogP contribution in [0.4, 0.5) is 15.8 Å². The molecule has 0 aromatic heterocycles. The van der Waals surface area contributed by atoms with Crippen molar-refractivity contribution >= 4 is 27.3 Å². The van der Waals surface area contributed by atoms with E-state index in [2.05, 4.69) is 5.32 Å². The number of para-hydroxylation sites is 1. The lowest BCUT2D eigenvalue weighted by Gasteiger charge is -2.22. The molecule has 0 bridgehead atoms. The standard InChI is InChI=1S/C22H28FN3O3S/c1-4-26(5-2)30(28,29)17-12-11-16(3)18(15-17)22(27)24-21-19(23)9-8-10-20(21)25-13-6-7-14-25/h8-12,15H,4-7,13-14H2,1-3H3,(H,24,27). The molecule has 8 heteroatoms. The second kappa shape index (κ2) is 9.14. The van der Waals surface area contributed by atoms with E-state index in [1.165, 1.54) is 22.5 Å². The molecule has 6 nitrogen and oxygen atoms in total. The Morgan fingerprint density at radius 2 is 1.80 bits per heavy atom. The van der Waals surface area contributed by atoms with Gasteiger partial charge in [0, 0.05) is 31.7 Å². The fourth-order valence-corrected chi connectivity index (χ4v) is 5.24. The van der Waals surface area contributed by atoms with Gasteiger partial charge in [-0.15, -0.1) is 0 Å². The highest BCUT2D eigenvalue weighted by Crippen LogP contribution is 2.32. The molecule has 1 N–H and O–H groups in total. The maximum absolute atomic E-state index is 14.6. The number of sulfonamides is 1. The summed E-state index contributed by atoms with van der Waals surface area (Å²) in [4.78, 5) is 15.1. The minimum absolute atomic E-state index is 0.0512. The van der Waals surface area contributed by atoms with Crippen molar-refractivity contribution in [3.63, 3.8) is 0 Å². The van der Waals surface area contributed by atoms with Gasteiger partial charge in [0.2, 0.25) is 10.0 Å². The molecule has 1 amide bonds. The third-order valence-corrected chi connectivity index (χ3v) is 7.52. The molecule has 1 heterocycles. The molecule has 1 aliphatic rings. The van der Waals surface area contributed by atoms with Crippen molar-refractivity contribution in [2.24, 2.45) is 0 Å². The zero-order valence-corrected chi connectivity index (χ0v) is 18.4. The van der Waals surface area contributed by atoms with E-state index in [1.807, 2.05) is 4.90 Å². The Labute approximate surface area is 177 Å². The first-order chi connectivity index (χ1) is 14.3. The third-order valence-electron chi connectivity index (χ3n) is 5.47. The van der Waals surface area contributed by atoms with Crippen LogP contribution in [0.1, 0.15) is 42.6 Å². The lowest BCUT2D eigenvalue weighted by Crippen LogP contribution is -2.31. The van der Waals surface area contributed by atoms with Crippen molar-refractivity contribution in [1.82, 2.24) is 4.31 Å². The van der Waals surface area contributed by atoms with Gasteiger partial charge in [0.15, 0.2) is 0 Å². The molecule has 1 saturated heterocycles. The van der Waals surface area contributed by atoms with Crippen molar-refractivity contribution in [2.45, 2.75) is 38.5 Å². The molecule has 1 fully saturated rings. The van der Waals surface area contributed by atoms with Crippen LogP contribution in [0.3, 0.4) is 0 Å². The van der Waals surface area contributed by atoms with Crippen molar-refractivity contribution < 1.29 is 17.6 Å². The lowest BCUT2D eigenvalue weighted by atomic mass is 10.1. The van der Waals surface area contributed by atoms with Crippen molar-refractivity contribution in [3.05, 3.63) is 53.3 Å². The van der Waals surface area contributed by atoms with Crippen LogP contribution in [-0.2, 0) is 10.0 Å². The first kappa shape index (κ1) is 22.2. The number of benzene rings is 2. The van der Waals surface area contributed by atoms with E-state index in [9.17, 15) is 17.6 Å². The smallest absolute Gasteiger partial charge is 0.256 e. The van der Waals surface area contributed by atoms with Crippen molar-refractivity contribution in [3.8, 4) is 0 Å². The number of hydrogen-bond acceptors (Lipinski definition) is 4. The Morgan fingerprint density at radius 3 is 2.43 bits per heavy atom. The van der Waals surface area contributed by atoms with E-state index in [0.717, 1.165) is 25.9 Å². The van der Waals surface area contributed by atoms with Gasteiger partial charge in [0.05, 0.1) is 10.6 Å². The van der Waals surface area contributed by atoms with Crippen LogP contribution < -0.4 is 10.2 Å². The Bertz CT molecular complexity index is 1030. The second-order valence-corrected chi connectivity index (χ2v) is 9.29. The molecule has 0 atom stereocenters. The first-order valence-electron chi connectivity index (χ1n) is 10.2. The monoisotopic (exact) mass is 433 g/mol. The highest BCUT2D eigenvalue weighted by atomic mass is 32.2. The SMILES string of the molecule is CCN(CC)S(=O)(=O)c1ccc(C)c(C(=O)Nc2c(F)cccc2N2CCCC2)c1. The summed E-state index contributed by atoms with van der Waals surface area (Å²) in [7, 11) is -3.71. The molecule has 0 saturated carbocycles. The number of halogens is 1. The largest absolute Gasteiger partial charge is 0.370 e. The zero-order valence-electron chi connectivity index (χ0n) is 17.6. The molecule has 1 aliphatic heterocycles. The van der Waals surface area contributed by atoms with E-state index in [0.29, 0.717) is 24.3 Å². The van der Waals surface area contributed by atoms with Gasteiger partial charge in [-0.3, -0.25) is 4.79 Å². The van der Waals surface area contributed by atoms with Crippen LogP contribution in [0.5, 0.6) is 0 Å². The predicted octanol–water partition coefficient (Wildman–Crippen LogP) is 4.02. The van der Waals surface area contributed by atoms with Gasteiger partial charge in [0.1, 0.15) is 11.5 Å². The summed E-state index contributed by atoms with van der Waals surface area (Å²) >= 11 is 0. The quantitative estimate of drug-likeness (QED) is 0.716. The van der Waals surface area contributed by atoms with Crippen molar-refractivity contribution in [1.29, 1.82) is 0 Å². The number of nitrogens with one attached hydrogen (secondary N) is 1. The normalized spacial score (nSPS) is 14.4. The lowest BCUT2D eigenvalue weighted by molar-refractivity contribution is 0.102. The fourth-order valence-electron chi connectivity index (χ4n) is 3.76. The van der Waals surface area contributed by atoms with Gasteiger partial charge in [-0.05, 0) is 49.6 Å². The van der Waals surface area contributed by atoms with Gasteiger partial charge in [-0.2, -0.15) is 4.31 Å². The molecule has 0 unspecified atom stereocenters. The molecule has 2 aromatic carbocycles. The summed E-state index contributed by atoms with van der Waals surface area (Å²) in [6, 6.07) is 9.20. The van der Waals surface area contributed by atoms with Gasteiger partial charge in [0.25, 0.3) is 5.91 Å². The Balaban J connectivity index is 1.96. The number of nitrogens with zero attached hydrogens (tertiary/aromatic N) is 2. The van der Waals surface area contributed by atoms with Crippen molar-refractivity contribution in [2.75, 3.05) is 36.4 Å². The Hall–Kier alpha value is -2.45. The Morgan fingerprint density at radius 1 is 1.13 bits per heavy atom. The molecule has 30 heavy (non-hydrogen) atoms. The molecular weight excluding hydrogens is 405 g/mol. The molecular formula is C22H28FN3O3S. The first-order valence-corrected chi connectivity index (χ1v) is 11.7. The summed E-state index contributed by atoms with van der Waals surface area (Å²) in [6.07, 6.45) is 2.04. The van der Waals surface area contributed by atoms with Crippen LogP contribution in [0.25, 0.3) is 0 Å². The van der Waals surface area contributed by atoms with Crippen LogP contribution in [0.2, 0.25) is 0 Å². The Kier molecular flexibility index (Phi) is 6.77. The molecule has 0 aliphatic carbocycles. The average Bonchev–Trinajstić information content (AvgIpc) is 3.25. The predicted molar refractivity (Wildman–Crippen MR) is 117 cm³/mol. The zero-order chi connectivity index (χ0) is 21.9.